The summed E-state index contributed by atoms with van der Waals surface area (Å²) < 4.78 is 0. The molecule has 0 aromatic heterocycles. The van der Waals surface area contributed by atoms with E-state index in [9.17, 15) is 0 Å². The molecule has 1 aliphatic rings. The lowest BCUT2D eigenvalue weighted by atomic mass is 10.0. The lowest BCUT2D eigenvalue weighted by Gasteiger charge is -2.33. The molecular formula is C13H20N2. The summed E-state index contributed by atoms with van der Waals surface area (Å²) in [4.78, 5) is 2.54. The van der Waals surface area contributed by atoms with Crippen LogP contribution in [0.5, 0.6) is 0 Å². The third-order valence-corrected chi connectivity index (χ3v) is 3.26. The van der Waals surface area contributed by atoms with E-state index in [0.29, 0.717) is 6.04 Å². The maximum Gasteiger partial charge on any atom is 0.0320 e. The first-order valence-corrected chi connectivity index (χ1v) is 5.79. The van der Waals surface area contributed by atoms with Gasteiger partial charge in [0.1, 0.15) is 0 Å². The quantitative estimate of drug-likeness (QED) is 0.792. The molecule has 1 N–H and O–H groups in total. The smallest absolute Gasteiger partial charge is 0.0320 e. The summed E-state index contributed by atoms with van der Waals surface area (Å²) in [5, 5.41) is 3.39. The summed E-state index contributed by atoms with van der Waals surface area (Å²) >= 11 is 0. The molecule has 0 bridgehead atoms. The molecule has 1 saturated heterocycles. The molecule has 0 radical (unpaired) electrons. The molecule has 0 spiro atoms. The predicted octanol–water partition coefficient (Wildman–Crippen LogP) is 1.96. The summed E-state index contributed by atoms with van der Waals surface area (Å²) in [5.41, 5.74) is 2.77. The van der Waals surface area contributed by atoms with Gasteiger partial charge in [-0.1, -0.05) is 29.8 Å². The average Bonchev–Trinajstić information content (AvgIpc) is 2.30. The molecule has 2 rings (SSSR count). The highest BCUT2D eigenvalue weighted by atomic mass is 15.2. The zero-order valence-corrected chi connectivity index (χ0v) is 9.66. The van der Waals surface area contributed by atoms with Crippen LogP contribution in [0.1, 0.15) is 24.1 Å². The van der Waals surface area contributed by atoms with E-state index < -0.39 is 0 Å². The van der Waals surface area contributed by atoms with Crippen molar-refractivity contribution in [3.05, 3.63) is 35.4 Å². The molecular weight excluding hydrogens is 184 g/mol. The summed E-state index contributed by atoms with van der Waals surface area (Å²) in [6.45, 7) is 9.01. The molecule has 0 saturated carbocycles. The van der Waals surface area contributed by atoms with Crippen LogP contribution in [-0.4, -0.2) is 31.1 Å². The van der Waals surface area contributed by atoms with Gasteiger partial charge in [-0.25, -0.2) is 0 Å². The number of hydrogen-bond donors (Lipinski definition) is 1. The highest BCUT2D eigenvalue weighted by Crippen LogP contribution is 2.20. The van der Waals surface area contributed by atoms with E-state index in [4.69, 9.17) is 0 Å². The Labute approximate surface area is 92.3 Å². The highest BCUT2D eigenvalue weighted by molar-refractivity contribution is 5.23. The molecule has 1 fully saturated rings. The molecule has 15 heavy (non-hydrogen) atoms. The fourth-order valence-corrected chi connectivity index (χ4v) is 2.13. The maximum atomic E-state index is 3.39. The molecule has 1 aliphatic heterocycles. The van der Waals surface area contributed by atoms with E-state index in [1.165, 1.54) is 11.1 Å². The van der Waals surface area contributed by atoms with Crippen molar-refractivity contribution in [3.63, 3.8) is 0 Å². The Morgan fingerprint density at radius 2 is 1.73 bits per heavy atom. The van der Waals surface area contributed by atoms with Gasteiger partial charge in [0, 0.05) is 32.2 Å². The van der Waals surface area contributed by atoms with Crippen LogP contribution in [0.4, 0.5) is 0 Å². The molecule has 1 aromatic carbocycles. The van der Waals surface area contributed by atoms with Crippen molar-refractivity contribution >= 4 is 0 Å². The van der Waals surface area contributed by atoms with Crippen molar-refractivity contribution < 1.29 is 0 Å². The monoisotopic (exact) mass is 204 g/mol. The van der Waals surface area contributed by atoms with Crippen molar-refractivity contribution in [2.24, 2.45) is 0 Å². The van der Waals surface area contributed by atoms with Gasteiger partial charge < -0.3 is 5.32 Å². The Hall–Kier alpha value is -0.860. The summed E-state index contributed by atoms with van der Waals surface area (Å²) in [5.74, 6) is 0. The SMILES string of the molecule is Cc1ccc([C@@H](C)N2CCNCC2)cc1. The minimum atomic E-state index is 0.549. The van der Waals surface area contributed by atoms with Gasteiger partial charge in [0.25, 0.3) is 0 Å². The molecule has 1 heterocycles. The fourth-order valence-electron chi connectivity index (χ4n) is 2.13. The molecule has 0 amide bonds. The first-order valence-electron chi connectivity index (χ1n) is 5.79. The molecule has 2 heteroatoms. The standard InChI is InChI=1S/C13H20N2/c1-11-3-5-13(6-4-11)12(2)15-9-7-14-8-10-15/h3-6,12,14H,7-10H2,1-2H3/t12-/m1/s1. The Kier molecular flexibility index (Phi) is 3.39. The van der Waals surface area contributed by atoms with E-state index in [1.807, 2.05) is 0 Å². The highest BCUT2D eigenvalue weighted by Gasteiger charge is 2.17. The Morgan fingerprint density at radius 3 is 2.33 bits per heavy atom. The van der Waals surface area contributed by atoms with Gasteiger partial charge in [-0.05, 0) is 19.4 Å². The number of piperazine rings is 1. The van der Waals surface area contributed by atoms with E-state index in [0.717, 1.165) is 26.2 Å². The van der Waals surface area contributed by atoms with Crippen molar-refractivity contribution in [3.8, 4) is 0 Å². The van der Waals surface area contributed by atoms with Crippen LogP contribution in [0.15, 0.2) is 24.3 Å². The van der Waals surface area contributed by atoms with Gasteiger partial charge >= 0.3 is 0 Å². The predicted molar refractivity (Wildman–Crippen MR) is 64.0 cm³/mol. The van der Waals surface area contributed by atoms with Gasteiger partial charge in [-0.3, -0.25) is 4.90 Å². The lowest BCUT2D eigenvalue weighted by molar-refractivity contribution is 0.185. The normalized spacial score (nSPS) is 20.1. The van der Waals surface area contributed by atoms with Gasteiger partial charge in [0.15, 0.2) is 0 Å². The van der Waals surface area contributed by atoms with Crippen molar-refractivity contribution in [1.29, 1.82) is 0 Å². The maximum absolute atomic E-state index is 3.39. The average molecular weight is 204 g/mol. The largest absolute Gasteiger partial charge is 0.314 e. The van der Waals surface area contributed by atoms with E-state index in [2.05, 4.69) is 48.3 Å². The van der Waals surface area contributed by atoms with Gasteiger partial charge in [0.2, 0.25) is 0 Å². The second-order valence-electron chi connectivity index (χ2n) is 4.37. The van der Waals surface area contributed by atoms with Gasteiger partial charge in [0.05, 0.1) is 0 Å². The number of nitrogens with one attached hydrogen (secondary N) is 1. The first kappa shape index (κ1) is 10.7. The third kappa shape index (κ3) is 2.58. The number of benzene rings is 1. The molecule has 82 valence electrons. The minimum Gasteiger partial charge on any atom is -0.314 e. The number of rotatable bonds is 2. The van der Waals surface area contributed by atoms with Crippen LogP contribution in [0, 0.1) is 6.92 Å². The molecule has 2 nitrogen and oxygen atoms in total. The van der Waals surface area contributed by atoms with Crippen molar-refractivity contribution in [2.75, 3.05) is 26.2 Å². The Morgan fingerprint density at radius 1 is 1.13 bits per heavy atom. The van der Waals surface area contributed by atoms with Gasteiger partial charge in [-0.2, -0.15) is 0 Å². The van der Waals surface area contributed by atoms with Crippen LogP contribution >= 0.6 is 0 Å². The summed E-state index contributed by atoms with van der Waals surface area (Å²) in [6, 6.07) is 9.46. The molecule has 0 aliphatic carbocycles. The molecule has 1 atom stereocenters. The van der Waals surface area contributed by atoms with Crippen molar-refractivity contribution in [1.82, 2.24) is 10.2 Å². The first-order chi connectivity index (χ1) is 7.27. The zero-order valence-electron chi connectivity index (χ0n) is 9.66. The second kappa shape index (κ2) is 4.77. The Bertz CT molecular complexity index is 299. The van der Waals surface area contributed by atoms with E-state index >= 15 is 0 Å². The van der Waals surface area contributed by atoms with Crippen LogP contribution in [0.2, 0.25) is 0 Å². The van der Waals surface area contributed by atoms with Gasteiger partial charge in [-0.15, -0.1) is 0 Å². The fraction of sp³-hybridized carbons (Fsp3) is 0.538. The third-order valence-electron chi connectivity index (χ3n) is 3.26. The summed E-state index contributed by atoms with van der Waals surface area (Å²) in [7, 11) is 0. The topological polar surface area (TPSA) is 15.3 Å². The van der Waals surface area contributed by atoms with E-state index in [-0.39, 0.29) is 0 Å². The van der Waals surface area contributed by atoms with Crippen LogP contribution < -0.4 is 5.32 Å². The molecule has 0 unspecified atom stereocenters. The van der Waals surface area contributed by atoms with Crippen LogP contribution in [0.3, 0.4) is 0 Å². The Balaban J connectivity index is 2.05. The van der Waals surface area contributed by atoms with Crippen LogP contribution in [0.25, 0.3) is 0 Å². The van der Waals surface area contributed by atoms with Crippen molar-refractivity contribution in [2.45, 2.75) is 19.9 Å². The number of aryl methyl sites for hydroxylation is 1. The zero-order chi connectivity index (χ0) is 10.7. The second-order valence-corrected chi connectivity index (χ2v) is 4.37. The summed E-state index contributed by atoms with van der Waals surface area (Å²) in [6.07, 6.45) is 0. The number of hydrogen-bond acceptors (Lipinski definition) is 2. The molecule has 1 aromatic rings. The number of nitrogens with zero attached hydrogens (tertiary/aromatic N) is 1. The van der Waals surface area contributed by atoms with Crippen LogP contribution in [-0.2, 0) is 0 Å². The minimum absolute atomic E-state index is 0.549. The lowest BCUT2D eigenvalue weighted by Crippen LogP contribution is -2.44. The van der Waals surface area contributed by atoms with E-state index in [1.54, 1.807) is 0 Å².